The molecule has 1 aliphatic rings. The third-order valence-electron chi connectivity index (χ3n) is 5.27. The van der Waals surface area contributed by atoms with Gasteiger partial charge in [-0.25, -0.2) is 0 Å². The summed E-state index contributed by atoms with van der Waals surface area (Å²) in [5.41, 5.74) is 4.38. The average molecular weight is 357 g/mol. The Morgan fingerprint density at radius 2 is 1.48 bits per heavy atom. The van der Waals surface area contributed by atoms with Crippen molar-refractivity contribution in [2.24, 2.45) is 0 Å². The highest BCUT2D eigenvalue weighted by molar-refractivity contribution is 5.94. The fourth-order valence-corrected chi connectivity index (χ4v) is 3.81. The quantitative estimate of drug-likeness (QED) is 0.723. The van der Waals surface area contributed by atoms with Crippen LogP contribution in [0, 0.1) is 0 Å². The van der Waals surface area contributed by atoms with Crippen molar-refractivity contribution in [1.29, 1.82) is 0 Å². The van der Waals surface area contributed by atoms with E-state index < -0.39 is 0 Å². The van der Waals surface area contributed by atoms with Crippen LogP contribution in [0.25, 0.3) is 11.1 Å². The van der Waals surface area contributed by atoms with Crippen molar-refractivity contribution in [2.75, 3.05) is 13.1 Å². The van der Waals surface area contributed by atoms with Gasteiger partial charge in [0, 0.05) is 17.5 Å². The van der Waals surface area contributed by atoms with Crippen LogP contribution in [0.5, 0.6) is 0 Å². The minimum atomic E-state index is 0.0283. The van der Waals surface area contributed by atoms with Crippen LogP contribution in [-0.2, 0) is 6.54 Å². The second kappa shape index (κ2) is 8.19. The van der Waals surface area contributed by atoms with Crippen molar-refractivity contribution in [1.82, 2.24) is 5.32 Å². The summed E-state index contributed by atoms with van der Waals surface area (Å²) < 4.78 is 0. The zero-order valence-corrected chi connectivity index (χ0v) is 15.4. The summed E-state index contributed by atoms with van der Waals surface area (Å²) in [7, 11) is 0. The molecular formula is C24H25N2O+. The zero-order chi connectivity index (χ0) is 18.5. The average Bonchev–Trinajstić information content (AvgIpc) is 3.16. The molecule has 0 bridgehead atoms. The fourth-order valence-electron chi connectivity index (χ4n) is 3.81. The van der Waals surface area contributed by atoms with Crippen LogP contribution in [0.15, 0.2) is 84.9 Å². The first-order chi connectivity index (χ1) is 13.3. The minimum absolute atomic E-state index is 0.0283. The summed E-state index contributed by atoms with van der Waals surface area (Å²) in [6.07, 6.45) is 1.04. The van der Waals surface area contributed by atoms with Gasteiger partial charge < -0.3 is 10.2 Å². The molecule has 3 aromatic rings. The summed E-state index contributed by atoms with van der Waals surface area (Å²) in [6.45, 7) is 3.12. The molecule has 0 saturated carbocycles. The number of hydrogen-bond acceptors (Lipinski definition) is 1. The van der Waals surface area contributed by atoms with Gasteiger partial charge in [-0.15, -0.1) is 0 Å². The van der Waals surface area contributed by atoms with Crippen LogP contribution in [0.3, 0.4) is 0 Å². The second-order valence-electron chi connectivity index (χ2n) is 7.27. The lowest BCUT2D eigenvalue weighted by Gasteiger charge is -2.14. The number of carbonyl (C=O) groups excluding carboxylic acids is 1. The van der Waals surface area contributed by atoms with Crippen molar-refractivity contribution < 1.29 is 9.69 Å². The number of hydrogen-bond donors (Lipinski definition) is 2. The maximum absolute atomic E-state index is 12.6. The number of rotatable bonds is 5. The standard InChI is InChI=1S/C24H24N2O/c27-24(22-13-11-21(12-14-22)20-9-5-2-6-10-20)25-23-15-16-26(18-23)17-19-7-3-1-4-8-19/h1-14,23H,15-18H2,(H,25,27)/p+1/t23-/m1/s1. The molecule has 1 fully saturated rings. The smallest absolute Gasteiger partial charge is 0.251 e. The van der Waals surface area contributed by atoms with E-state index >= 15 is 0 Å². The molecule has 1 saturated heterocycles. The highest BCUT2D eigenvalue weighted by Gasteiger charge is 2.27. The van der Waals surface area contributed by atoms with Crippen LogP contribution >= 0.6 is 0 Å². The first kappa shape index (κ1) is 17.5. The number of quaternary nitrogens is 1. The number of nitrogens with one attached hydrogen (secondary N) is 2. The van der Waals surface area contributed by atoms with E-state index in [1.165, 1.54) is 16.0 Å². The maximum atomic E-state index is 12.6. The van der Waals surface area contributed by atoms with Gasteiger partial charge in [-0.2, -0.15) is 0 Å². The maximum Gasteiger partial charge on any atom is 0.251 e. The summed E-state index contributed by atoms with van der Waals surface area (Å²) in [4.78, 5) is 14.1. The van der Waals surface area contributed by atoms with E-state index in [-0.39, 0.29) is 11.9 Å². The third kappa shape index (κ3) is 4.44. The third-order valence-corrected chi connectivity index (χ3v) is 5.27. The van der Waals surface area contributed by atoms with Crippen LogP contribution in [-0.4, -0.2) is 25.0 Å². The van der Waals surface area contributed by atoms with Gasteiger partial charge in [-0.05, 0) is 23.3 Å². The molecule has 136 valence electrons. The van der Waals surface area contributed by atoms with Gasteiger partial charge in [0.2, 0.25) is 0 Å². The van der Waals surface area contributed by atoms with Gasteiger partial charge in [-0.1, -0.05) is 72.8 Å². The molecule has 1 heterocycles. The Balaban J connectivity index is 1.33. The number of likely N-dealkylation sites (tertiary alicyclic amines) is 1. The Morgan fingerprint density at radius 1 is 0.852 bits per heavy atom. The van der Waals surface area contributed by atoms with Crippen molar-refractivity contribution in [3.63, 3.8) is 0 Å². The van der Waals surface area contributed by atoms with E-state index in [1.54, 1.807) is 0 Å². The van der Waals surface area contributed by atoms with E-state index in [4.69, 9.17) is 0 Å². The van der Waals surface area contributed by atoms with Gasteiger partial charge in [-0.3, -0.25) is 4.79 Å². The topological polar surface area (TPSA) is 33.5 Å². The van der Waals surface area contributed by atoms with E-state index in [0.717, 1.165) is 37.2 Å². The second-order valence-corrected chi connectivity index (χ2v) is 7.27. The first-order valence-corrected chi connectivity index (χ1v) is 9.62. The summed E-state index contributed by atoms with van der Waals surface area (Å²) in [5.74, 6) is 0.0283. The number of amides is 1. The van der Waals surface area contributed by atoms with Gasteiger partial charge in [0.05, 0.1) is 19.1 Å². The largest absolute Gasteiger partial charge is 0.343 e. The molecule has 1 aliphatic heterocycles. The van der Waals surface area contributed by atoms with Crippen molar-refractivity contribution in [2.45, 2.75) is 19.0 Å². The van der Waals surface area contributed by atoms with Crippen molar-refractivity contribution >= 4 is 5.91 Å². The monoisotopic (exact) mass is 357 g/mol. The van der Waals surface area contributed by atoms with E-state index in [9.17, 15) is 4.79 Å². The molecule has 3 nitrogen and oxygen atoms in total. The van der Waals surface area contributed by atoms with Crippen LogP contribution in [0.4, 0.5) is 0 Å². The van der Waals surface area contributed by atoms with Crippen LogP contribution in [0.2, 0.25) is 0 Å². The lowest BCUT2D eigenvalue weighted by Crippen LogP contribution is -3.09. The van der Waals surface area contributed by atoms with Crippen molar-refractivity contribution in [3.8, 4) is 11.1 Å². The Labute approximate surface area is 160 Å². The zero-order valence-electron chi connectivity index (χ0n) is 15.4. The molecule has 4 rings (SSSR count). The van der Waals surface area contributed by atoms with Gasteiger partial charge in [0.15, 0.2) is 0 Å². The predicted molar refractivity (Wildman–Crippen MR) is 109 cm³/mol. The number of carbonyl (C=O) groups is 1. The molecule has 0 aliphatic carbocycles. The Bertz CT molecular complexity index is 875. The van der Waals surface area contributed by atoms with E-state index in [2.05, 4.69) is 47.8 Å². The lowest BCUT2D eigenvalue weighted by molar-refractivity contribution is -0.901. The highest BCUT2D eigenvalue weighted by atomic mass is 16.1. The Kier molecular flexibility index (Phi) is 5.31. The molecule has 2 atom stereocenters. The molecule has 2 N–H and O–H groups in total. The SMILES string of the molecule is O=C(N[C@@H]1CC[NH+](Cc2ccccc2)C1)c1ccc(-c2ccccc2)cc1. The minimum Gasteiger partial charge on any atom is -0.343 e. The Hall–Kier alpha value is -2.91. The first-order valence-electron chi connectivity index (χ1n) is 9.62. The lowest BCUT2D eigenvalue weighted by atomic mass is 10.0. The van der Waals surface area contributed by atoms with Gasteiger partial charge >= 0.3 is 0 Å². The normalized spacial score (nSPS) is 19.0. The van der Waals surface area contributed by atoms with E-state index in [1.807, 2.05) is 42.5 Å². The van der Waals surface area contributed by atoms with Gasteiger partial charge in [0.1, 0.15) is 6.54 Å². The van der Waals surface area contributed by atoms with Crippen LogP contribution in [0.1, 0.15) is 22.3 Å². The molecule has 1 amide bonds. The highest BCUT2D eigenvalue weighted by Crippen LogP contribution is 2.19. The summed E-state index contributed by atoms with van der Waals surface area (Å²) >= 11 is 0. The molecule has 1 unspecified atom stereocenters. The van der Waals surface area contributed by atoms with E-state index in [0.29, 0.717) is 0 Å². The summed E-state index contributed by atoms with van der Waals surface area (Å²) in [5, 5.41) is 3.21. The van der Waals surface area contributed by atoms with Crippen molar-refractivity contribution in [3.05, 3.63) is 96.1 Å². The predicted octanol–water partition coefficient (Wildman–Crippen LogP) is 2.94. The molecule has 0 aromatic heterocycles. The Morgan fingerprint density at radius 3 is 2.19 bits per heavy atom. The molecule has 27 heavy (non-hydrogen) atoms. The molecule has 3 aromatic carbocycles. The molecule has 3 heteroatoms. The van der Waals surface area contributed by atoms with Gasteiger partial charge in [0.25, 0.3) is 5.91 Å². The fraction of sp³-hybridized carbons (Fsp3) is 0.208. The molecule has 0 radical (unpaired) electrons. The molecule has 0 spiro atoms. The van der Waals surface area contributed by atoms with Crippen LogP contribution < -0.4 is 10.2 Å². The summed E-state index contributed by atoms with van der Waals surface area (Å²) in [6, 6.07) is 28.9. The number of benzene rings is 3. The molecular weight excluding hydrogens is 332 g/mol.